The van der Waals surface area contributed by atoms with E-state index < -0.39 is 48.5 Å². The van der Waals surface area contributed by atoms with Crippen LogP contribution in [0, 0.1) is 30.1 Å². The fourth-order valence-electron chi connectivity index (χ4n) is 10.7. The maximum Gasteiger partial charge on any atom is 0.335 e. The Bertz CT molecular complexity index is 2080. The van der Waals surface area contributed by atoms with Crippen LogP contribution in [0.5, 0.6) is 11.5 Å². The standard InChI is InChI=1S/C44H50O12/c1-23-16-27-17-28(41(51)52)18-33(37(27)38(48)35(23)32(47)11-8-25-6-4-3-5-7-25)55-42-39(49)40(50)44(34(20-46)56-42)19-29-24(2)30-12-15-53-22-43(30,13-14-45)31-10-9-26(21-54-44)36(29)31/h3-7,10,16-18,24,29-30,34,39-40,42,45-46,48-50H,8-9,11-15,19-22H2,1-2H3,(H,51,52)/t24-,29-,30-,34-,39-,40-,42+,43-,44+/m1/s1. The quantitative estimate of drug-likeness (QED) is 0.157. The monoisotopic (exact) mass is 770 g/mol. The Hall–Kier alpha value is -4.14. The van der Waals surface area contributed by atoms with Gasteiger partial charge in [0, 0.05) is 25.0 Å². The zero-order valence-electron chi connectivity index (χ0n) is 31.6. The topological polar surface area (TPSA) is 192 Å². The number of ketones is 1. The largest absolute Gasteiger partial charge is 0.506 e. The van der Waals surface area contributed by atoms with Gasteiger partial charge in [-0.25, -0.2) is 4.79 Å². The van der Waals surface area contributed by atoms with E-state index in [9.17, 15) is 40.2 Å². The zero-order chi connectivity index (χ0) is 39.5. The Morgan fingerprint density at radius 1 is 1.07 bits per heavy atom. The molecule has 12 heteroatoms. The predicted octanol–water partition coefficient (Wildman–Crippen LogP) is 4.64. The molecule has 56 heavy (non-hydrogen) atoms. The van der Waals surface area contributed by atoms with Crippen LogP contribution >= 0.6 is 0 Å². The van der Waals surface area contributed by atoms with Crippen LogP contribution in [0.25, 0.3) is 10.8 Å². The highest BCUT2D eigenvalue weighted by Gasteiger charge is 2.63. The van der Waals surface area contributed by atoms with Gasteiger partial charge < -0.3 is 49.6 Å². The van der Waals surface area contributed by atoms with E-state index in [0.29, 0.717) is 38.0 Å². The molecule has 3 aromatic carbocycles. The number of fused-ring (bicyclic) bond motifs is 3. The van der Waals surface area contributed by atoms with Crippen LogP contribution in [0.2, 0.25) is 0 Å². The van der Waals surface area contributed by atoms with E-state index in [-0.39, 0.29) is 82.7 Å². The second-order valence-electron chi connectivity index (χ2n) is 16.3. The van der Waals surface area contributed by atoms with Crippen molar-refractivity contribution in [2.24, 2.45) is 23.2 Å². The molecule has 0 bridgehead atoms. The molecule has 1 saturated carbocycles. The smallest absolute Gasteiger partial charge is 0.335 e. The molecule has 3 aromatic rings. The molecule has 0 amide bonds. The number of Topliss-reactive ketones (excluding diaryl/α,β-unsaturated/α-hetero) is 1. The Morgan fingerprint density at radius 3 is 2.59 bits per heavy atom. The summed E-state index contributed by atoms with van der Waals surface area (Å²) < 4.78 is 25.2. The van der Waals surface area contributed by atoms with Crippen LogP contribution in [0.3, 0.4) is 0 Å². The number of aromatic carboxylic acids is 1. The molecule has 9 atom stereocenters. The first-order valence-electron chi connectivity index (χ1n) is 19.6. The van der Waals surface area contributed by atoms with Gasteiger partial charge in [0.2, 0.25) is 6.29 Å². The van der Waals surface area contributed by atoms with Gasteiger partial charge >= 0.3 is 5.97 Å². The number of hydrogen-bond donors (Lipinski definition) is 6. The first-order chi connectivity index (χ1) is 26.9. The second kappa shape index (κ2) is 15.0. The molecule has 3 heterocycles. The normalized spacial score (nSPS) is 32.5. The summed E-state index contributed by atoms with van der Waals surface area (Å²) in [5.74, 6) is -2.01. The highest BCUT2D eigenvalue weighted by Crippen LogP contribution is 2.63. The number of aliphatic hydroxyl groups excluding tert-OH is 4. The summed E-state index contributed by atoms with van der Waals surface area (Å²) in [5.41, 5.74) is 2.79. The summed E-state index contributed by atoms with van der Waals surface area (Å²) in [5, 5.41) is 67.1. The molecule has 298 valence electrons. The minimum atomic E-state index is -1.74. The van der Waals surface area contributed by atoms with Gasteiger partial charge in [-0.15, -0.1) is 0 Å². The van der Waals surface area contributed by atoms with E-state index in [0.717, 1.165) is 23.1 Å². The van der Waals surface area contributed by atoms with Crippen molar-refractivity contribution in [2.75, 3.05) is 33.0 Å². The lowest BCUT2D eigenvalue weighted by Gasteiger charge is -2.57. The number of carboxylic acid groups (broad SMARTS) is 1. The van der Waals surface area contributed by atoms with Crippen molar-refractivity contribution < 1.29 is 59.2 Å². The van der Waals surface area contributed by atoms with E-state index in [4.69, 9.17) is 18.9 Å². The number of benzene rings is 3. The molecule has 3 fully saturated rings. The highest BCUT2D eigenvalue weighted by atomic mass is 16.7. The van der Waals surface area contributed by atoms with Crippen molar-refractivity contribution >= 4 is 22.5 Å². The van der Waals surface area contributed by atoms with Crippen molar-refractivity contribution in [3.63, 3.8) is 0 Å². The van der Waals surface area contributed by atoms with Crippen molar-refractivity contribution in [1.82, 2.24) is 0 Å². The Morgan fingerprint density at radius 2 is 1.86 bits per heavy atom. The van der Waals surface area contributed by atoms with Crippen molar-refractivity contribution in [2.45, 2.75) is 82.6 Å². The minimum Gasteiger partial charge on any atom is -0.506 e. The van der Waals surface area contributed by atoms with Crippen molar-refractivity contribution in [1.29, 1.82) is 0 Å². The number of aliphatic hydroxyl groups is 4. The molecule has 8 rings (SSSR count). The summed E-state index contributed by atoms with van der Waals surface area (Å²) in [6.07, 6.45) is -1.12. The molecule has 2 saturated heterocycles. The first-order valence-corrected chi connectivity index (χ1v) is 19.6. The van der Waals surface area contributed by atoms with Crippen molar-refractivity contribution in [3.05, 3.63) is 93.6 Å². The predicted molar refractivity (Wildman–Crippen MR) is 204 cm³/mol. The summed E-state index contributed by atoms with van der Waals surface area (Å²) in [6, 6.07) is 13.6. The van der Waals surface area contributed by atoms with Crippen LogP contribution < -0.4 is 4.74 Å². The van der Waals surface area contributed by atoms with Gasteiger partial charge in [0.05, 0.1) is 36.3 Å². The fraction of sp³-hybridized carbons (Fsp3) is 0.500. The number of ether oxygens (including phenoxy) is 4. The molecule has 12 nitrogen and oxygen atoms in total. The molecular formula is C44H50O12. The van der Waals surface area contributed by atoms with Gasteiger partial charge in [-0.3, -0.25) is 4.79 Å². The third-order valence-corrected chi connectivity index (χ3v) is 13.4. The molecule has 0 aromatic heterocycles. The van der Waals surface area contributed by atoms with E-state index >= 15 is 0 Å². The maximum absolute atomic E-state index is 13.6. The molecule has 0 radical (unpaired) electrons. The van der Waals surface area contributed by atoms with Crippen LogP contribution in [0.15, 0.2) is 71.3 Å². The van der Waals surface area contributed by atoms with E-state index in [2.05, 4.69) is 13.0 Å². The number of allylic oxidation sites excluding steroid dienone is 2. The number of carboxylic acids is 1. The number of aryl methyl sites for hydroxylation is 2. The van der Waals surface area contributed by atoms with E-state index in [1.165, 1.54) is 17.7 Å². The second-order valence-corrected chi connectivity index (χ2v) is 16.3. The van der Waals surface area contributed by atoms with E-state index in [1.807, 2.05) is 30.3 Å². The molecule has 3 aliphatic heterocycles. The van der Waals surface area contributed by atoms with Gasteiger partial charge in [-0.2, -0.15) is 0 Å². The third kappa shape index (κ3) is 6.17. The van der Waals surface area contributed by atoms with Gasteiger partial charge in [0.1, 0.15) is 35.4 Å². The molecule has 5 aliphatic rings. The summed E-state index contributed by atoms with van der Waals surface area (Å²) in [4.78, 5) is 25.9. The lowest BCUT2D eigenvalue weighted by molar-refractivity contribution is -0.325. The molecule has 6 N–H and O–H groups in total. The molecule has 0 unspecified atom stereocenters. The van der Waals surface area contributed by atoms with Crippen LogP contribution in [0.1, 0.15) is 70.9 Å². The first kappa shape index (κ1) is 38.7. The number of carbonyl (C=O) groups is 2. The summed E-state index contributed by atoms with van der Waals surface area (Å²) >= 11 is 0. The van der Waals surface area contributed by atoms with Crippen LogP contribution in [-0.4, -0.2) is 106 Å². The lowest BCUT2D eigenvalue weighted by atomic mass is 9.51. The van der Waals surface area contributed by atoms with Gasteiger partial charge in [0.15, 0.2) is 5.78 Å². The van der Waals surface area contributed by atoms with Crippen molar-refractivity contribution in [3.8, 4) is 11.5 Å². The average Bonchev–Trinajstić information content (AvgIpc) is 3.55. The summed E-state index contributed by atoms with van der Waals surface area (Å²) in [7, 11) is 0. The fourth-order valence-corrected chi connectivity index (χ4v) is 10.7. The van der Waals surface area contributed by atoms with Gasteiger partial charge in [-0.05, 0) is 102 Å². The number of carbonyl (C=O) groups excluding carboxylic acids is 1. The lowest BCUT2D eigenvalue weighted by Crippen LogP contribution is -2.69. The van der Waals surface area contributed by atoms with Gasteiger partial charge in [0.25, 0.3) is 0 Å². The SMILES string of the molecule is Cc1cc2cc(C(=O)O)cc(O[C@H]3O[C@H](CO)[C@@]4(C[C@H]5C6=C(CC=C6[C@]6(CCO)COCC[C@@H]6[C@@H]5C)CO4)[C@H](O)[C@H]3O)c2c(O)c1C(=O)CCc1ccccc1. The molecule has 1 spiro atoms. The molecular weight excluding hydrogens is 720 g/mol. The van der Waals surface area contributed by atoms with Crippen LogP contribution in [-0.2, 0) is 20.6 Å². The van der Waals surface area contributed by atoms with E-state index in [1.54, 1.807) is 13.0 Å². The molecule has 2 aliphatic carbocycles. The number of phenols is 1. The highest BCUT2D eigenvalue weighted by molar-refractivity contribution is 6.09. The number of phenolic OH excluding ortho intramolecular Hbond substituents is 1. The zero-order valence-corrected chi connectivity index (χ0v) is 31.6. The number of rotatable bonds is 10. The Labute approximate surface area is 325 Å². The number of hydrogen-bond acceptors (Lipinski definition) is 11. The Balaban J connectivity index is 1.11. The van der Waals surface area contributed by atoms with Gasteiger partial charge in [-0.1, -0.05) is 49.4 Å². The minimum absolute atomic E-state index is 0.0261. The maximum atomic E-state index is 13.6. The average molecular weight is 771 g/mol. The third-order valence-electron chi connectivity index (χ3n) is 13.4. The number of aromatic hydroxyl groups is 1. The Kier molecular flexibility index (Phi) is 10.4. The van der Waals surface area contributed by atoms with Crippen LogP contribution in [0.4, 0.5) is 0 Å². The summed E-state index contributed by atoms with van der Waals surface area (Å²) in [6.45, 7) is 4.54.